The lowest BCUT2D eigenvalue weighted by molar-refractivity contribution is 0.102. The summed E-state index contributed by atoms with van der Waals surface area (Å²) in [5.41, 5.74) is 3.98. The highest BCUT2D eigenvalue weighted by Crippen LogP contribution is 2.41. The van der Waals surface area contributed by atoms with Gasteiger partial charge in [0.25, 0.3) is 5.91 Å². The first-order valence-electron chi connectivity index (χ1n) is 16.5. The maximum atomic E-state index is 13.7. The van der Waals surface area contributed by atoms with Crippen LogP contribution in [-0.2, 0) is 10.8 Å². The molecule has 0 fully saturated rings. The molecule has 0 bridgehead atoms. The van der Waals surface area contributed by atoms with E-state index in [9.17, 15) is 9.90 Å². The minimum absolute atomic E-state index is 0.0642. The van der Waals surface area contributed by atoms with Crippen LogP contribution in [-0.4, -0.2) is 31.2 Å². The molecule has 1 aromatic heterocycles. The fourth-order valence-electron chi connectivity index (χ4n) is 5.55. The van der Waals surface area contributed by atoms with Gasteiger partial charge in [-0.15, -0.1) is 5.10 Å². The molecule has 0 spiro atoms. The van der Waals surface area contributed by atoms with Crippen molar-refractivity contribution in [2.45, 2.75) is 75.3 Å². The average molecular weight is 672 g/mol. The average Bonchev–Trinajstić information content (AvgIpc) is 3.59. The number of aromatic nitrogens is 4. The zero-order valence-corrected chi connectivity index (χ0v) is 29.5. The molecule has 0 aliphatic heterocycles. The maximum Gasteiger partial charge on any atom is 0.259 e. The lowest BCUT2D eigenvalue weighted by Gasteiger charge is -2.30. The molecule has 6 aromatic rings. The summed E-state index contributed by atoms with van der Waals surface area (Å²) in [4.78, 5) is 14.4. The van der Waals surface area contributed by atoms with Gasteiger partial charge in [0.2, 0.25) is 5.16 Å². The molecule has 49 heavy (non-hydrogen) atoms. The number of rotatable bonds is 11. The van der Waals surface area contributed by atoms with Gasteiger partial charge in [0, 0.05) is 21.5 Å². The Bertz CT molecular complexity index is 2110. The Morgan fingerprint density at radius 2 is 1.51 bits per heavy atom. The second kappa shape index (κ2) is 13.8. The molecule has 2 N–H and O–H groups in total. The Balaban J connectivity index is 1.25. The summed E-state index contributed by atoms with van der Waals surface area (Å²) in [7, 11) is 0. The smallest absolute Gasteiger partial charge is 0.259 e. The van der Waals surface area contributed by atoms with Crippen LogP contribution in [0.15, 0.2) is 113 Å². The summed E-state index contributed by atoms with van der Waals surface area (Å²) >= 11 is 1.32. The van der Waals surface area contributed by atoms with E-state index < -0.39 is 5.91 Å². The Morgan fingerprint density at radius 1 is 0.837 bits per heavy atom. The van der Waals surface area contributed by atoms with Crippen LogP contribution in [0.3, 0.4) is 0 Å². The molecule has 250 valence electrons. The highest BCUT2D eigenvalue weighted by molar-refractivity contribution is 7.99. The molecule has 0 saturated heterocycles. The van der Waals surface area contributed by atoms with E-state index in [-0.39, 0.29) is 22.1 Å². The summed E-state index contributed by atoms with van der Waals surface area (Å²) in [6.45, 7) is 13.4. The number of anilines is 1. The first-order chi connectivity index (χ1) is 23.5. The third-order valence-electron chi connectivity index (χ3n) is 9.46. The quantitative estimate of drug-likeness (QED) is 0.141. The predicted molar refractivity (Wildman–Crippen MR) is 196 cm³/mol. The molecule has 0 aliphatic rings. The Labute approximate surface area is 291 Å². The SMILES string of the molecule is CCC(C)(C)c1ccc(Oc2ccc(NC(=O)c3cc(Sc4nnnn4-c4ccccc4)c4ccccc4c3O)cc2)c(C(C)(C)CC)c1. The molecule has 0 unspecified atom stereocenters. The van der Waals surface area contributed by atoms with E-state index in [0.29, 0.717) is 22.0 Å². The van der Waals surface area contributed by atoms with Crippen molar-refractivity contribution in [1.29, 1.82) is 0 Å². The highest BCUT2D eigenvalue weighted by Gasteiger charge is 2.27. The number of nitrogens with one attached hydrogen (secondary N) is 1. The Hall–Kier alpha value is -5.15. The van der Waals surface area contributed by atoms with Crippen molar-refractivity contribution < 1.29 is 14.6 Å². The molecule has 9 heteroatoms. The van der Waals surface area contributed by atoms with E-state index in [2.05, 4.69) is 80.6 Å². The van der Waals surface area contributed by atoms with Crippen LogP contribution >= 0.6 is 11.8 Å². The van der Waals surface area contributed by atoms with Crippen LogP contribution in [0.2, 0.25) is 0 Å². The number of carbonyl (C=O) groups is 1. The summed E-state index contributed by atoms with van der Waals surface area (Å²) in [6.07, 6.45) is 2.01. The fourth-order valence-corrected chi connectivity index (χ4v) is 6.52. The van der Waals surface area contributed by atoms with E-state index in [1.807, 2.05) is 60.7 Å². The molecule has 1 amide bonds. The molecule has 5 aromatic carbocycles. The number of tetrazole rings is 1. The van der Waals surface area contributed by atoms with Crippen LogP contribution in [0.25, 0.3) is 16.5 Å². The molecule has 8 nitrogen and oxygen atoms in total. The zero-order chi connectivity index (χ0) is 34.8. The van der Waals surface area contributed by atoms with Crippen LogP contribution in [0.5, 0.6) is 17.2 Å². The second-order valence-electron chi connectivity index (χ2n) is 13.4. The Morgan fingerprint density at radius 3 is 2.20 bits per heavy atom. The van der Waals surface area contributed by atoms with Gasteiger partial charge in [-0.3, -0.25) is 4.79 Å². The summed E-state index contributed by atoms with van der Waals surface area (Å²) < 4.78 is 8.09. The molecule has 0 saturated carbocycles. The monoisotopic (exact) mass is 671 g/mol. The van der Waals surface area contributed by atoms with Crippen molar-refractivity contribution in [1.82, 2.24) is 20.2 Å². The number of ether oxygens (including phenoxy) is 1. The number of hydrogen-bond acceptors (Lipinski definition) is 7. The number of nitrogens with zero attached hydrogens (tertiary/aromatic N) is 4. The normalized spacial score (nSPS) is 11.9. The first kappa shape index (κ1) is 33.7. The van der Waals surface area contributed by atoms with Crippen molar-refractivity contribution in [3.63, 3.8) is 0 Å². The maximum absolute atomic E-state index is 13.7. The van der Waals surface area contributed by atoms with Crippen LogP contribution < -0.4 is 10.1 Å². The molecular weight excluding hydrogens is 631 g/mol. The van der Waals surface area contributed by atoms with Crippen molar-refractivity contribution >= 4 is 34.1 Å². The van der Waals surface area contributed by atoms with Crippen molar-refractivity contribution in [3.05, 3.63) is 120 Å². The standard InChI is InChI=1S/C40H41N5O3S/c1-7-39(3,4)26-18-23-34(33(24-26)40(5,6)8-2)48-29-21-19-27(20-22-29)41-37(47)32-25-35(30-16-12-13-17-31(30)36(32)46)49-38-42-43-44-45(38)28-14-10-9-11-15-28/h9-25,46H,7-8H2,1-6H3,(H,41,47). The van der Waals surface area contributed by atoms with Crippen LogP contribution in [0.1, 0.15) is 75.9 Å². The number of phenolic OH excluding ortho intramolecular Hbond substituents is 1. The topological polar surface area (TPSA) is 102 Å². The predicted octanol–water partition coefficient (Wildman–Crippen LogP) is 10.1. The third kappa shape index (κ3) is 7.03. The van der Waals surface area contributed by atoms with E-state index >= 15 is 0 Å². The van der Waals surface area contributed by atoms with Crippen molar-refractivity contribution in [3.8, 4) is 22.9 Å². The molecule has 0 aliphatic carbocycles. The number of para-hydroxylation sites is 1. The fraction of sp³-hybridized carbons (Fsp3) is 0.250. The van der Waals surface area contributed by atoms with Gasteiger partial charge in [0.15, 0.2) is 0 Å². The summed E-state index contributed by atoms with van der Waals surface area (Å²) in [5, 5.41) is 28.3. The second-order valence-corrected chi connectivity index (χ2v) is 14.4. The number of amides is 1. The summed E-state index contributed by atoms with van der Waals surface area (Å²) in [6, 6.07) is 32.5. The van der Waals surface area contributed by atoms with E-state index in [1.54, 1.807) is 28.9 Å². The Kier molecular flexibility index (Phi) is 9.48. The van der Waals surface area contributed by atoms with Gasteiger partial charge in [0.1, 0.15) is 17.2 Å². The van der Waals surface area contributed by atoms with Crippen LogP contribution in [0.4, 0.5) is 5.69 Å². The minimum atomic E-state index is -0.442. The first-order valence-corrected chi connectivity index (χ1v) is 17.3. The number of fused-ring (bicyclic) bond motifs is 1. The largest absolute Gasteiger partial charge is 0.506 e. The lowest BCUT2D eigenvalue weighted by Crippen LogP contribution is -2.20. The molecular formula is C40H41N5O3S. The highest BCUT2D eigenvalue weighted by atomic mass is 32.2. The minimum Gasteiger partial charge on any atom is -0.506 e. The van der Waals surface area contributed by atoms with Gasteiger partial charge in [-0.2, -0.15) is 4.68 Å². The lowest BCUT2D eigenvalue weighted by atomic mass is 9.76. The van der Waals surface area contributed by atoms with E-state index in [4.69, 9.17) is 4.74 Å². The molecule has 0 radical (unpaired) electrons. The third-order valence-corrected chi connectivity index (χ3v) is 10.5. The number of benzene rings is 5. The number of phenols is 1. The van der Waals surface area contributed by atoms with E-state index in [0.717, 1.165) is 34.6 Å². The van der Waals surface area contributed by atoms with E-state index in [1.165, 1.54) is 22.9 Å². The number of carbonyl (C=O) groups excluding carboxylic acids is 1. The van der Waals surface area contributed by atoms with Gasteiger partial charge >= 0.3 is 0 Å². The van der Waals surface area contributed by atoms with Gasteiger partial charge in [-0.1, -0.05) is 96.1 Å². The van der Waals surface area contributed by atoms with Gasteiger partial charge in [-0.05, 0) is 105 Å². The van der Waals surface area contributed by atoms with Crippen molar-refractivity contribution in [2.24, 2.45) is 0 Å². The number of hydrogen-bond donors (Lipinski definition) is 2. The molecule has 6 rings (SSSR count). The van der Waals surface area contributed by atoms with Crippen LogP contribution in [0, 0.1) is 0 Å². The van der Waals surface area contributed by atoms with Gasteiger partial charge in [0.05, 0.1) is 11.3 Å². The van der Waals surface area contributed by atoms with Gasteiger partial charge in [-0.25, -0.2) is 0 Å². The zero-order valence-electron chi connectivity index (χ0n) is 28.7. The van der Waals surface area contributed by atoms with Crippen molar-refractivity contribution in [2.75, 3.05) is 5.32 Å². The summed E-state index contributed by atoms with van der Waals surface area (Å²) in [5.74, 6) is 0.948. The van der Waals surface area contributed by atoms with Gasteiger partial charge < -0.3 is 15.2 Å². The number of aromatic hydroxyl groups is 1. The molecule has 1 heterocycles. The molecule has 0 atom stereocenters.